The van der Waals surface area contributed by atoms with Gasteiger partial charge in [0.05, 0.1) is 6.10 Å². The second kappa shape index (κ2) is 5.97. The van der Waals surface area contributed by atoms with Crippen LogP contribution in [0.1, 0.15) is 20.8 Å². The number of nitrogens with zero attached hydrogens (tertiary/aromatic N) is 1. The Hall–Kier alpha value is -0.340. The van der Waals surface area contributed by atoms with E-state index in [0.717, 1.165) is 6.54 Å². The summed E-state index contributed by atoms with van der Waals surface area (Å²) in [7, 11) is 0. The number of thioether (sulfide) groups is 1. The maximum atomic E-state index is 10.1. The molecule has 110 valence electrons. The van der Waals surface area contributed by atoms with Crippen LogP contribution in [0, 0.1) is 5.92 Å². The van der Waals surface area contributed by atoms with Crippen molar-refractivity contribution in [3.63, 3.8) is 0 Å². The van der Waals surface area contributed by atoms with E-state index in [-0.39, 0.29) is 11.4 Å². The van der Waals surface area contributed by atoms with Crippen LogP contribution in [0.25, 0.3) is 0 Å². The van der Waals surface area contributed by atoms with Crippen LogP contribution in [-0.2, 0) is 4.74 Å². The minimum absolute atomic E-state index is 0.0519. The number of aliphatic hydroxyl groups excluding tert-OH is 3. The van der Waals surface area contributed by atoms with Gasteiger partial charge in [-0.2, -0.15) is 0 Å². The van der Waals surface area contributed by atoms with Crippen molar-refractivity contribution in [2.75, 3.05) is 6.54 Å². The Morgan fingerprint density at radius 3 is 2.63 bits per heavy atom. The van der Waals surface area contributed by atoms with Crippen molar-refractivity contribution >= 4 is 16.9 Å². The number of hydrogen-bond acceptors (Lipinski definition) is 7. The number of nitrogens with one attached hydrogen (secondary N) is 1. The van der Waals surface area contributed by atoms with Gasteiger partial charge < -0.3 is 25.4 Å². The molecule has 1 fully saturated rings. The molecule has 0 amide bonds. The van der Waals surface area contributed by atoms with Gasteiger partial charge in [-0.25, -0.2) is 0 Å². The summed E-state index contributed by atoms with van der Waals surface area (Å²) in [5.41, 5.74) is -0.356. The topological polar surface area (TPSA) is 94.3 Å². The van der Waals surface area contributed by atoms with Crippen molar-refractivity contribution in [1.82, 2.24) is 5.32 Å². The highest BCUT2D eigenvalue weighted by atomic mass is 32.2. The van der Waals surface area contributed by atoms with Crippen LogP contribution < -0.4 is 5.32 Å². The summed E-state index contributed by atoms with van der Waals surface area (Å²) in [4.78, 5) is 4.32. The molecule has 1 saturated heterocycles. The lowest BCUT2D eigenvalue weighted by atomic mass is 9.90. The average Bonchev–Trinajstić information content (AvgIpc) is 2.76. The Bertz CT molecular complexity index is 353. The van der Waals surface area contributed by atoms with Crippen molar-refractivity contribution in [3.05, 3.63) is 0 Å². The predicted molar refractivity (Wildman–Crippen MR) is 74.0 cm³/mol. The lowest BCUT2D eigenvalue weighted by Gasteiger charge is -2.41. The van der Waals surface area contributed by atoms with E-state index in [9.17, 15) is 15.3 Å². The molecule has 0 bridgehead atoms. The zero-order valence-electron chi connectivity index (χ0n) is 11.4. The number of hydrogen-bond donors (Lipinski definition) is 4. The first-order chi connectivity index (χ1) is 8.95. The second-order valence-electron chi connectivity index (χ2n) is 5.26. The number of amidine groups is 1. The van der Waals surface area contributed by atoms with Crippen LogP contribution in [0.4, 0.5) is 0 Å². The monoisotopic (exact) mass is 290 g/mol. The van der Waals surface area contributed by atoms with Gasteiger partial charge >= 0.3 is 0 Å². The van der Waals surface area contributed by atoms with E-state index < -0.39 is 30.5 Å². The van der Waals surface area contributed by atoms with Gasteiger partial charge in [-0.3, -0.25) is 4.99 Å². The molecular formula is C12H22N2O4S. The fourth-order valence-electron chi connectivity index (χ4n) is 2.28. The van der Waals surface area contributed by atoms with Crippen LogP contribution in [0.15, 0.2) is 4.99 Å². The number of rotatable bonds is 3. The van der Waals surface area contributed by atoms with Crippen LogP contribution in [0.5, 0.6) is 0 Å². The Labute approximate surface area is 117 Å². The van der Waals surface area contributed by atoms with Gasteiger partial charge in [0.25, 0.3) is 0 Å². The third kappa shape index (κ3) is 2.90. The van der Waals surface area contributed by atoms with E-state index in [1.807, 2.05) is 20.8 Å². The molecule has 1 unspecified atom stereocenters. The third-order valence-electron chi connectivity index (χ3n) is 3.45. The van der Waals surface area contributed by atoms with Crippen molar-refractivity contribution in [2.24, 2.45) is 10.9 Å². The Morgan fingerprint density at radius 2 is 2.05 bits per heavy atom. The van der Waals surface area contributed by atoms with Gasteiger partial charge in [-0.05, 0) is 12.8 Å². The van der Waals surface area contributed by atoms with Gasteiger partial charge in [0.2, 0.25) is 0 Å². The molecule has 0 aromatic heterocycles. The SMILES string of the molecule is CCNC1=N[C@@H]2[C@@H](O)[C@H](O)[C@@H](C(O)C(C)C)O[C@@H]2S1. The van der Waals surface area contributed by atoms with Crippen LogP contribution in [0.2, 0.25) is 0 Å². The van der Waals surface area contributed by atoms with E-state index in [2.05, 4.69) is 10.3 Å². The standard InChI is InChI=1S/C12H22N2O4S/c1-4-13-12-14-6-8(16)9(17)10(7(15)5(2)3)18-11(6)19-12/h5-11,15-17H,4H2,1-3H3,(H,13,14)/t6-,7?,8-,9+,10-,11-/m1/s1. The highest BCUT2D eigenvalue weighted by molar-refractivity contribution is 8.14. The normalized spacial score (nSPS) is 39.9. The molecule has 2 aliphatic rings. The van der Waals surface area contributed by atoms with Crippen molar-refractivity contribution in [1.29, 1.82) is 0 Å². The van der Waals surface area contributed by atoms with Gasteiger partial charge in [0, 0.05) is 6.54 Å². The summed E-state index contributed by atoms with van der Waals surface area (Å²) < 4.78 is 5.74. The maximum Gasteiger partial charge on any atom is 0.159 e. The third-order valence-corrected chi connectivity index (χ3v) is 4.54. The van der Waals surface area contributed by atoms with Crippen molar-refractivity contribution in [3.8, 4) is 0 Å². The Balaban J connectivity index is 2.10. The van der Waals surface area contributed by atoms with Crippen LogP contribution in [0.3, 0.4) is 0 Å². The molecule has 6 atom stereocenters. The van der Waals surface area contributed by atoms with Gasteiger partial charge in [0.15, 0.2) is 5.17 Å². The molecule has 2 rings (SSSR count). The largest absolute Gasteiger partial charge is 0.390 e. The maximum absolute atomic E-state index is 10.1. The van der Waals surface area contributed by atoms with Gasteiger partial charge in [-0.15, -0.1) is 0 Å². The Morgan fingerprint density at radius 1 is 1.37 bits per heavy atom. The highest BCUT2D eigenvalue weighted by Crippen LogP contribution is 2.37. The predicted octanol–water partition coefficient (Wildman–Crippen LogP) is -0.469. The number of aliphatic imine (C=N–C) groups is 1. The fraction of sp³-hybridized carbons (Fsp3) is 0.917. The van der Waals surface area contributed by atoms with Crippen molar-refractivity contribution in [2.45, 2.75) is 56.7 Å². The molecule has 6 nitrogen and oxygen atoms in total. The minimum Gasteiger partial charge on any atom is -0.390 e. The first-order valence-electron chi connectivity index (χ1n) is 6.63. The summed E-state index contributed by atoms with van der Waals surface area (Å²) in [5, 5.41) is 34.1. The minimum atomic E-state index is -1.12. The molecule has 0 radical (unpaired) electrons. The van der Waals surface area contributed by atoms with E-state index in [0.29, 0.717) is 5.17 Å². The molecule has 7 heteroatoms. The van der Waals surface area contributed by atoms with E-state index >= 15 is 0 Å². The zero-order chi connectivity index (χ0) is 14.2. The molecule has 0 spiro atoms. The first-order valence-corrected chi connectivity index (χ1v) is 7.51. The van der Waals surface area contributed by atoms with E-state index in [1.165, 1.54) is 11.8 Å². The smallest absolute Gasteiger partial charge is 0.159 e. The molecule has 0 aromatic carbocycles. The summed E-state index contributed by atoms with van der Waals surface area (Å²) in [5.74, 6) is -0.0519. The molecule has 0 aliphatic carbocycles. The second-order valence-corrected chi connectivity index (χ2v) is 6.34. The summed E-state index contributed by atoms with van der Waals surface area (Å²) in [6.07, 6.45) is -3.72. The van der Waals surface area contributed by atoms with E-state index in [1.54, 1.807) is 0 Å². The molecule has 2 aliphatic heterocycles. The van der Waals surface area contributed by atoms with Crippen molar-refractivity contribution < 1.29 is 20.1 Å². The molecule has 19 heavy (non-hydrogen) atoms. The zero-order valence-corrected chi connectivity index (χ0v) is 12.2. The van der Waals surface area contributed by atoms with Gasteiger partial charge in [0.1, 0.15) is 29.8 Å². The molecule has 2 heterocycles. The Kier molecular flexibility index (Phi) is 4.73. The number of aliphatic hydroxyl groups is 3. The van der Waals surface area contributed by atoms with Crippen LogP contribution >= 0.6 is 11.8 Å². The lowest BCUT2D eigenvalue weighted by molar-refractivity contribution is -0.191. The van der Waals surface area contributed by atoms with Gasteiger partial charge in [-0.1, -0.05) is 25.6 Å². The molecular weight excluding hydrogens is 268 g/mol. The van der Waals surface area contributed by atoms with E-state index in [4.69, 9.17) is 4.74 Å². The quantitative estimate of drug-likeness (QED) is 0.561. The summed E-state index contributed by atoms with van der Waals surface area (Å²) in [6, 6.07) is -0.482. The molecule has 0 aromatic rings. The van der Waals surface area contributed by atoms with Crippen LogP contribution in [-0.4, -0.2) is 62.9 Å². The molecule has 0 saturated carbocycles. The average molecular weight is 290 g/mol. The summed E-state index contributed by atoms with van der Waals surface area (Å²) in [6.45, 7) is 6.40. The highest BCUT2D eigenvalue weighted by Gasteiger charge is 2.50. The molecule has 4 N–H and O–H groups in total. The summed E-state index contributed by atoms with van der Waals surface area (Å²) >= 11 is 1.39. The number of ether oxygens (including phenoxy) is 1. The lowest BCUT2D eigenvalue weighted by Crippen LogP contribution is -2.59. The number of fused-ring (bicyclic) bond motifs is 1. The fourth-order valence-corrected chi connectivity index (χ4v) is 3.46. The first kappa shape index (κ1) is 15.1.